The van der Waals surface area contributed by atoms with Crippen LogP contribution in [0.25, 0.3) is 0 Å². The Morgan fingerprint density at radius 1 is 1.21 bits per heavy atom. The van der Waals surface area contributed by atoms with Gasteiger partial charge in [-0.25, -0.2) is 4.39 Å². The van der Waals surface area contributed by atoms with Crippen LogP contribution in [0.4, 0.5) is 15.8 Å². The van der Waals surface area contributed by atoms with Crippen molar-refractivity contribution in [2.45, 2.75) is 40.5 Å². The Balaban J connectivity index is 2.12. The molecule has 0 aromatic heterocycles. The van der Waals surface area contributed by atoms with E-state index in [1.807, 2.05) is 6.07 Å². The Morgan fingerprint density at radius 3 is 2.32 bits per heavy atom. The number of hydrogen-bond acceptors (Lipinski definition) is 2. The molecule has 0 bridgehead atoms. The molecule has 0 aliphatic carbocycles. The van der Waals surface area contributed by atoms with Crippen molar-refractivity contribution in [1.82, 2.24) is 0 Å². The Bertz CT molecular complexity index is 455. The summed E-state index contributed by atoms with van der Waals surface area (Å²) in [5, 5.41) is 0. The van der Waals surface area contributed by atoms with E-state index in [1.165, 1.54) is 18.9 Å². The molecule has 2 rings (SSSR count). The molecular weight excluding hydrogens is 239 g/mol. The van der Waals surface area contributed by atoms with Crippen LogP contribution < -0.4 is 10.6 Å². The summed E-state index contributed by atoms with van der Waals surface area (Å²) < 4.78 is 13.4. The molecule has 1 aliphatic heterocycles. The monoisotopic (exact) mass is 264 g/mol. The first-order valence-electron chi connectivity index (χ1n) is 7.09. The molecule has 0 saturated carbocycles. The van der Waals surface area contributed by atoms with Gasteiger partial charge in [0.05, 0.1) is 11.4 Å². The van der Waals surface area contributed by atoms with E-state index in [2.05, 4.69) is 25.7 Å². The summed E-state index contributed by atoms with van der Waals surface area (Å²) in [4.78, 5) is 2.30. The number of piperidine rings is 1. The molecule has 3 heteroatoms. The summed E-state index contributed by atoms with van der Waals surface area (Å²) in [5.74, 6) is 0.539. The zero-order chi connectivity index (χ0) is 14.2. The predicted octanol–water partition coefficient (Wildman–Crippen LogP) is 3.98. The summed E-state index contributed by atoms with van der Waals surface area (Å²) in [7, 11) is 0. The number of nitrogens with zero attached hydrogens (tertiary/aromatic N) is 1. The van der Waals surface area contributed by atoms with Crippen LogP contribution >= 0.6 is 0 Å². The lowest BCUT2D eigenvalue weighted by Crippen LogP contribution is -2.38. The van der Waals surface area contributed by atoms with Crippen molar-refractivity contribution in [1.29, 1.82) is 0 Å². The Morgan fingerprint density at radius 2 is 1.79 bits per heavy atom. The van der Waals surface area contributed by atoms with E-state index in [0.717, 1.165) is 24.7 Å². The van der Waals surface area contributed by atoms with E-state index in [1.54, 1.807) is 6.92 Å². The fourth-order valence-electron chi connectivity index (χ4n) is 2.94. The van der Waals surface area contributed by atoms with Crippen molar-refractivity contribution in [3.8, 4) is 0 Å². The number of anilines is 2. The molecule has 106 valence electrons. The van der Waals surface area contributed by atoms with Crippen molar-refractivity contribution in [3.63, 3.8) is 0 Å². The summed E-state index contributed by atoms with van der Waals surface area (Å²) in [5.41, 5.74) is 8.54. The van der Waals surface area contributed by atoms with Gasteiger partial charge in [-0.3, -0.25) is 0 Å². The summed E-state index contributed by atoms with van der Waals surface area (Å²) in [6.45, 7) is 10.7. The highest BCUT2D eigenvalue weighted by Gasteiger charge is 2.29. The van der Waals surface area contributed by atoms with Gasteiger partial charge >= 0.3 is 0 Å². The number of rotatable bonds is 1. The molecule has 0 radical (unpaired) electrons. The molecule has 0 atom stereocenters. The maximum atomic E-state index is 13.4. The quantitative estimate of drug-likeness (QED) is 0.777. The number of nitrogen functional groups attached to an aromatic ring is 1. The van der Waals surface area contributed by atoms with Crippen LogP contribution in [-0.2, 0) is 0 Å². The van der Waals surface area contributed by atoms with E-state index in [0.29, 0.717) is 16.7 Å². The molecule has 1 saturated heterocycles. The highest BCUT2D eigenvalue weighted by molar-refractivity contribution is 5.68. The van der Waals surface area contributed by atoms with Crippen molar-refractivity contribution < 1.29 is 4.39 Å². The first-order chi connectivity index (χ1) is 8.79. The van der Waals surface area contributed by atoms with Crippen molar-refractivity contribution in [3.05, 3.63) is 23.5 Å². The number of hydrogen-bond donors (Lipinski definition) is 1. The fourth-order valence-corrected chi connectivity index (χ4v) is 2.94. The topological polar surface area (TPSA) is 29.3 Å². The molecule has 19 heavy (non-hydrogen) atoms. The molecule has 0 unspecified atom stereocenters. The SMILES string of the molecule is Cc1cc(N2CCC(C(C)(C)C)CC2)c(N)cc1F. The molecule has 1 aliphatic rings. The minimum Gasteiger partial charge on any atom is -0.397 e. The zero-order valence-electron chi connectivity index (χ0n) is 12.5. The lowest BCUT2D eigenvalue weighted by atomic mass is 9.75. The highest BCUT2D eigenvalue weighted by Crippen LogP contribution is 2.37. The minimum atomic E-state index is -0.217. The van der Waals surface area contributed by atoms with Crippen molar-refractivity contribution in [2.24, 2.45) is 11.3 Å². The highest BCUT2D eigenvalue weighted by atomic mass is 19.1. The number of nitrogens with two attached hydrogens (primary N) is 1. The number of benzene rings is 1. The summed E-state index contributed by atoms with van der Waals surface area (Å²) >= 11 is 0. The van der Waals surface area contributed by atoms with Gasteiger partial charge in [0.1, 0.15) is 5.82 Å². The zero-order valence-corrected chi connectivity index (χ0v) is 12.5. The lowest BCUT2D eigenvalue weighted by molar-refractivity contribution is 0.199. The number of halogens is 1. The first-order valence-corrected chi connectivity index (χ1v) is 7.09. The van der Waals surface area contributed by atoms with E-state index >= 15 is 0 Å². The van der Waals surface area contributed by atoms with E-state index < -0.39 is 0 Å². The average Bonchev–Trinajstić information content (AvgIpc) is 2.33. The van der Waals surface area contributed by atoms with Gasteiger partial charge in [-0.1, -0.05) is 20.8 Å². The van der Waals surface area contributed by atoms with Crippen LogP contribution in [-0.4, -0.2) is 13.1 Å². The maximum absolute atomic E-state index is 13.4. The van der Waals surface area contributed by atoms with Crippen LogP contribution in [0.15, 0.2) is 12.1 Å². The van der Waals surface area contributed by atoms with Crippen LogP contribution in [0.1, 0.15) is 39.2 Å². The van der Waals surface area contributed by atoms with Gasteiger partial charge in [0.25, 0.3) is 0 Å². The van der Waals surface area contributed by atoms with Gasteiger partial charge in [0.15, 0.2) is 0 Å². The summed E-state index contributed by atoms with van der Waals surface area (Å²) in [6, 6.07) is 3.32. The van der Waals surface area contributed by atoms with Gasteiger partial charge in [-0.2, -0.15) is 0 Å². The second-order valence-electron chi connectivity index (χ2n) is 6.79. The smallest absolute Gasteiger partial charge is 0.128 e. The third-order valence-electron chi connectivity index (χ3n) is 4.37. The Labute approximate surface area is 115 Å². The molecule has 1 aromatic carbocycles. The molecule has 0 spiro atoms. The van der Waals surface area contributed by atoms with Gasteiger partial charge in [-0.15, -0.1) is 0 Å². The van der Waals surface area contributed by atoms with E-state index in [-0.39, 0.29) is 5.82 Å². The second-order valence-corrected chi connectivity index (χ2v) is 6.79. The third kappa shape index (κ3) is 3.02. The molecule has 0 amide bonds. The van der Waals surface area contributed by atoms with Crippen LogP contribution in [0.5, 0.6) is 0 Å². The van der Waals surface area contributed by atoms with Gasteiger partial charge in [-0.05, 0) is 48.8 Å². The Kier molecular flexibility index (Phi) is 3.75. The van der Waals surface area contributed by atoms with E-state index in [4.69, 9.17) is 5.73 Å². The summed E-state index contributed by atoms with van der Waals surface area (Å²) in [6.07, 6.45) is 2.36. The second kappa shape index (κ2) is 5.03. The maximum Gasteiger partial charge on any atom is 0.128 e. The number of aryl methyl sites for hydroxylation is 1. The fraction of sp³-hybridized carbons (Fsp3) is 0.625. The predicted molar refractivity (Wildman–Crippen MR) is 79.9 cm³/mol. The molecular formula is C16H25FN2. The molecule has 2 nitrogen and oxygen atoms in total. The molecule has 1 fully saturated rings. The molecule has 2 N–H and O–H groups in total. The first kappa shape index (κ1) is 14.2. The van der Waals surface area contributed by atoms with Gasteiger partial charge in [0, 0.05) is 13.1 Å². The standard InChI is InChI=1S/C16H25FN2/c1-11-9-15(14(18)10-13(11)17)19-7-5-12(6-8-19)16(2,3)4/h9-10,12H,5-8,18H2,1-4H3. The molecule has 1 heterocycles. The average molecular weight is 264 g/mol. The van der Waals surface area contributed by atoms with Crippen molar-refractivity contribution in [2.75, 3.05) is 23.7 Å². The van der Waals surface area contributed by atoms with Crippen LogP contribution in [0.3, 0.4) is 0 Å². The minimum absolute atomic E-state index is 0.217. The third-order valence-corrected chi connectivity index (χ3v) is 4.37. The largest absolute Gasteiger partial charge is 0.397 e. The lowest BCUT2D eigenvalue weighted by Gasteiger charge is -2.40. The normalized spacial score (nSPS) is 17.8. The van der Waals surface area contributed by atoms with Crippen LogP contribution in [0, 0.1) is 24.1 Å². The van der Waals surface area contributed by atoms with Gasteiger partial charge < -0.3 is 10.6 Å². The van der Waals surface area contributed by atoms with Crippen LogP contribution in [0.2, 0.25) is 0 Å². The van der Waals surface area contributed by atoms with Crippen molar-refractivity contribution >= 4 is 11.4 Å². The van der Waals surface area contributed by atoms with Gasteiger partial charge in [0.2, 0.25) is 0 Å². The Hall–Kier alpha value is -1.25. The molecule has 1 aromatic rings. The van der Waals surface area contributed by atoms with E-state index in [9.17, 15) is 4.39 Å².